The van der Waals surface area contributed by atoms with Gasteiger partial charge in [-0.05, 0) is 37.0 Å². The third-order valence-electron chi connectivity index (χ3n) is 4.27. The molecule has 0 aromatic heterocycles. The van der Waals surface area contributed by atoms with Crippen molar-refractivity contribution in [3.05, 3.63) is 30.1 Å². The standard InChI is InChI=1S/C16H22FN3O5S/c17-12-2-1-3-13(8-12)26(24,25)20-6-4-11(5-7-20)10-19-16(23)14(21)9-15(18)22/h1-3,8,11,14,21H,4-7,9-10H2,(H2,18,22)(H,19,23). The number of aliphatic hydroxyl groups excluding tert-OH is 1. The van der Waals surface area contributed by atoms with Crippen LogP contribution >= 0.6 is 0 Å². The fourth-order valence-electron chi connectivity index (χ4n) is 2.78. The maximum atomic E-state index is 13.3. The van der Waals surface area contributed by atoms with E-state index >= 15 is 0 Å². The van der Waals surface area contributed by atoms with Crippen LogP contribution in [0.3, 0.4) is 0 Å². The predicted molar refractivity (Wildman–Crippen MR) is 90.7 cm³/mol. The molecule has 1 aliphatic heterocycles. The van der Waals surface area contributed by atoms with Gasteiger partial charge in [-0.25, -0.2) is 12.8 Å². The first-order valence-corrected chi connectivity index (χ1v) is 9.64. The fourth-order valence-corrected chi connectivity index (χ4v) is 4.28. The van der Waals surface area contributed by atoms with E-state index in [0.29, 0.717) is 12.8 Å². The molecular formula is C16H22FN3O5S. The molecule has 4 N–H and O–H groups in total. The molecule has 10 heteroatoms. The van der Waals surface area contributed by atoms with Crippen molar-refractivity contribution in [2.24, 2.45) is 11.7 Å². The summed E-state index contributed by atoms with van der Waals surface area (Å²) < 4.78 is 39.6. The van der Waals surface area contributed by atoms with Crippen LogP contribution in [-0.4, -0.2) is 55.4 Å². The predicted octanol–water partition coefficient (Wildman–Crippen LogP) is -0.421. The zero-order valence-corrected chi connectivity index (χ0v) is 14.9. The van der Waals surface area contributed by atoms with Crippen LogP contribution < -0.4 is 11.1 Å². The van der Waals surface area contributed by atoms with Gasteiger partial charge in [-0.3, -0.25) is 9.59 Å². The van der Waals surface area contributed by atoms with Crippen molar-refractivity contribution >= 4 is 21.8 Å². The number of nitrogens with one attached hydrogen (secondary N) is 1. The normalized spacial score (nSPS) is 17.6. The first kappa shape index (κ1) is 20.3. The molecule has 1 aromatic rings. The Morgan fingerprint density at radius 3 is 2.58 bits per heavy atom. The third kappa shape index (κ3) is 5.23. The van der Waals surface area contributed by atoms with Gasteiger partial charge in [0.25, 0.3) is 0 Å². The maximum absolute atomic E-state index is 13.3. The Kier molecular flexibility index (Phi) is 6.68. The number of primary amides is 1. The van der Waals surface area contributed by atoms with Crippen LogP contribution in [0.1, 0.15) is 19.3 Å². The van der Waals surface area contributed by atoms with Crippen molar-refractivity contribution < 1.29 is 27.5 Å². The second-order valence-electron chi connectivity index (χ2n) is 6.24. The Morgan fingerprint density at radius 2 is 2.00 bits per heavy atom. The molecule has 0 saturated carbocycles. The second kappa shape index (κ2) is 8.56. The van der Waals surface area contributed by atoms with Crippen LogP contribution in [0.5, 0.6) is 0 Å². The van der Waals surface area contributed by atoms with Crippen molar-refractivity contribution in [3.63, 3.8) is 0 Å². The Balaban J connectivity index is 1.85. The van der Waals surface area contributed by atoms with E-state index in [1.807, 2.05) is 0 Å². The number of sulfonamides is 1. The summed E-state index contributed by atoms with van der Waals surface area (Å²) in [6.07, 6.45) is -0.904. The molecule has 1 unspecified atom stereocenters. The molecule has 1 aliphatic rings. The van der Waals surface area contributed by atoms with Crippen molar-refractivity contribution in [2.75, 3.05) is 19.6 Å². The van der Waals surface area contributed by atoms with Gasteiger partial charge < -0.3 is 16.2 Å². The summed E-state index contributed by atoms with van der Waals surface area (Å²) >= 11 is 0. The number of rotatable bonds is 7. The van der Waals surface area contributed by atoms with E-state index in [4.69, 9.17) is 5.73 Å². The Hall–Kier alpha value is -2.04. The van der Waals surface area contributed by atoms with Crippen molar-refractivity contribution in [2.45, 2.75) is 30.3 Å². The summed E-state index contributed by atoms with van der Waals surface area (Å²) in [5.41, 5.74) is 4.92. The molecule has 1 aromatic carbocycles. The van der Waals surface area contributed by atoms with Crippen molar-refractivity contribution in [3.8, 4) is 0 Å². The number of amides is 2. The average Bonchev–Trinajstić information content (AvgIpc) is 2.59. The van der Waals surface area contributed by atoms with Gasteiger partial charge in [0.1, 0.15) is 11.9 Å². The molecule has 2 amide bonds. The molecular weight excluding hydrogens is 365 g/mol. The van der Waals surface area contributed by atoms with E-state index < -0.39 is 40.2 Å². The summed E-state index contributed by atoms with van der Waals surface area (Å²) in [5.74, 6) is -2.03. The first-order chi connectivity index (χ1) is 12.2. The van der Waals surface area contributed by atoms with Gasteiger partial charge in [0.2, 0.25) is 21.8 Å². The Bertz CT molecular complexity index is 763. The molecule has 2 rings (SSSR count). The zero-order chi connectivity index (χ0) is 19.3. The third-order valence-corrected chi connectivity index (χ3v) is 6.16. The number of hydrogen-bond acceptors (Lipinski definition) is 5. The van der Waals surface area contributed by atoms with Crippen LogP contribution in [0.15, 0.2) is 29.2 Å². The minimum absolute atomic E-state index is 0.0405. The lowest BCUT2D eigenvalue weighted by Gasteiger charge is -2.31. The van der Waals surface area contributed by atoms with E-state index in [0.717, 1.165) is 6.07 Å². The molecule has 0 bridgehead atoms. The van der Waals surface area contributed by atoms with Gasteiger partial charge in [-0.1, -0.05) is 6.07 Å². The number of nitrogens with zero attached hydrogens (tertiary/aromatic N) is 1. The van der Waals surface area contributed by atoms with Gasteiger partial charge in [-0.2, -0.15) is 4.31 Å². The minimum atomic E-state index is -3.75. The number of benzene rings is 1. The van der Waals surface area contributed by atoms with E-state index in [1.165, 1.54) is 22.5 Å². The maximum Gasteiger partial charge on any atom is 0.249 e. The fraction of sp³-hybridized carbons (Fsp3) is 0.500. The van der Waals surface area contributed by atoms with E-state index in [2.05, 4.69) is 5.32 Å². The van der Waals surface area contributed by atoms with Crippen LogP contribution in [0.25, 0.3) is 0 Å². The first-order valence-electron chi connectivity index (χ1n) is 8.20. The zero-order valence-electron chi connectivity index (χ0n) is 14.1. The van der Waals surface area contributed by atoms with Gasteiger partial charge >= 0.3 is 0 Å². The molecule has 1 atom stereocenters. The second-order valence-corrected chi connectivity index (χ2v) is 8.17. The van der Waals surface area contributed by atoms with Gasteiger partial charge in [0.05, 0.1) is 11.3 Å². The molecule has 144 valence electrons. The number of carbonyl (C=O) groups is 2. The Morgan fingerprint density at radius 1 is 1.35 bits per heavy atom. The molecule has 26 heavy (non-hydrogen) atoms. The monoisotopic (exact) mass is 387 g/mol. The smallest absolute Gasteiger partial charge is 0.249 e. The highest BCUT2D eigenvalue weighted by atomic mass is 32.2. The van der Waals surface area contributed by atoms with Crippen LogP contribution in [0, 0.1) is 11.7 Å². The number of nitrogens with two attached hydrogens (primary N) is 1. The summed E-state index contributed by atoms with van der Waals surface area (Å²) in [4.78, 5) is 22.3. The minimum Gasteiger partial charge on any atom is -0.383 e. The summed E-state index contributed by atoms with van der Waals surface area (Å²) in [7, 11) is -3.75. The molecule has 1 heterocycles. The lowest BCUT2D eigenvalue weighted by molar-refractivity contribution is -0.133. The van der Waals surface area contributed by atoms with Gasteiger partial charge in [0, 0.05) is 19.6 Å². The van der Waals surface area contributed by atoms with E-state index in [9.17, 15) is 27.5 Å². The van der Waals surface area contributed by atoms with E-state index in [-0.39, 0.29) is 30.4 Å². The van der Waals surface area contributed by atoms with Gasteiger partial charge in [-0.15, -0.1) is 0 Å². The molecule has 0 radical (unpaired) electrons. The quantitative estimate of drug-likeness (QED) is 0.585. The van der Waals surface area contributed by atoms with Crippen LogP contribution in [-0.2, 0) is 19.6 Å². The largest absolute Gasteiger partial charge is 0.383 e. The molecule has 1 fully saturated rings. The number of halogens is 1. The molecule has 0 aliphatic carbocycles. The molecule has 1 saturated heterocycles. The number of aliphatic hydroxyl groups is 1. The molecule has 8 nitrogen and oxygen atoms in total. The Labute approximate surface area is 151 Å². The SMILES string of the molecule is NC(=O)CC(O)C(=O)NCC1CCN(S(=O)(=O)c2cccc(F)c2)CC1. The number of hydrogen-bond donors (Lipinski definition) is 3. The van der Waals surface area contributed by atoms with Crippen LogP contribution in [0.4, 0.5) is 4.39 Å². The van der Waals surface area contributed by atoms with Crippen LogP contribution in [0.2, 0.25) is 0 Å². The highest BCUT2D eigenvalue weighted by Crippen LogP contribution is 2.23. The lowest BCUT2D eigenvalue weighted by atomic mass is 9.98. The highest BCUT2D eigenvalue weighted by Gasteiger charge is 2.30. The van der Waals surface area contributed by atoms with Crippen molar-refractivity contribution in [1.82, 2.24) is 9.62 Å². The highest BCUT2D eigenvalue weighted by molar-refractivity contribution is 7.89. The van der Waals surface area contributed by atoms with Crippen molar-refractivity contribution in [1.29, 1.82) is 0 Å². The topological polar surface area (TPSA) is 130 Å². The molecule has 0 spiro atoms. The summed E-state index contributed by atoms with van der Waals surface area (Å²) in [5, 5.41) is 12.0. The summed E-state index contributed by atoms with van der Waals surface area (Å²) in [6, 6.07) is 4.87. The van der Waals surface area contributed by atoms with E-state index in [1.54, 1.807) is 0 Å². The number of carbonyl (C=O) groups excluding carboxylic acids is 2. The lowest BCUT2D eigenvalue weighted by Crippen LogP contribution is -2.43. The van der Waals surface area contributed by atoms with Gasteiger partial charge in [0.15, 0.2) is 0 Å². The number of piperidine rings is 1. The average molecular weight is 387 g/mol. The summed E-state index contributed by atoms with van der Waals surface area (Å²) in [6.45, 7) is 0.773.